The Bertz CT molecular complexity index is 741. The number of carbonyl (C=O) groups is 2. The number of amides is 1. The second kappa shape index (κ2) is 6.68. The molecule has 1 atom stereocenters. The van der Waals surface area contributed by atoms with Crippen LogP contribution in [0.25, 0.3) is 10.1 Å². The van der Waals surface area contributed by atoms with Gasteiger partial charge in [-0.2, -0.15) is 0 Å². The number of carbonyl (C=O) groups excluding carboxylic acids is 1. The molecule has 1 aromatic carbocycles. The van der Waals surface area contributed by atoms with Gasteiger partial charge < -0.3 is 10.4 Å². The Morgan fingerprint density at radius 2 is 2.17 bits per heavy atom. The molecule has 1 unspecified atom stereocenters. The molecule has 3 rings (SSSR count). The largest absolute Gasteiger partial charge is 0.477 e. The van der Waals surface area contributed by atoms with E-state index in [1.54, 1.807) is 0 Å². The third-order valence-electron chi connectivity index (χ3n) is 4.19. The summed E-state index contributed by atoms with van der Waals surface area (Å²) in [7, 11) is 0. The van der Waals surface area contributed by atoms with Crippen LogP contribution in [0.3, 0.4) is 0 Å². The lowest BCUT2D eigenvalue weighted by Crippen LogP contribution is -2.46. The summed E-state index contributed by atoms with van der Waals surface area (Å²) >= 11 is 1.34. The summed E-state index contributed by atoms with van der Waals surface area (Å²) < 4.78 is 1.01. The highest BCUT2D eigenvalue weighted by Gasteiger charge is 2.24. The van der Waals surface area contributed by atoms with E-state index in [2.05, 4.69) is 10.2 Å². The molecule has 1 aromatic heterocycles. The van der Waals surface area contributed by atoms with Gasteiger partial charge in [0.2, 0.25) is 5.91 Å². The summed E-state index contributed by atoms with van der Waals surface area (Å²) in [5.74, 6) is -0.874. The minimum absolute atomic E-state index is 0.0101. The average molecular weight is 332 g/mol. The van der Waals surface area contributed by atoms with E-state index in [1.807, 2.05) is 24.3 Å². The van der Waals surface area contributed by atoms with Crippen molar-refractivity contribution in [3.63, 3.8) is 0 Å². The van der Waals surface area contributed by atoms with E-state index in [9.17, 15) is 14.7 Å². The van der Waals surface area contributed by atoms with Crippen molar-refractivity contribution in [2.45, 2.75) is 32.4 Å². The standard InChI is InChI=1S/C17H20N2O3S/c1-11(20)18-12-5-4-8-19(9-12)10-14-13-6-2-3-7-15(13)23-16(14)17(21)22/h2-3,6-7,12H,4-5,8-10H2,1H3,(H,18,20)(H,21,22). The molecule has 6 heteroatoms. The molecule has 0 saturated carbocycles. The zero-order chi connectivity index (χ0) is 16.4. The molecule has 0 radical (unpaired) electrons. The summed E-state index contributed by atoms with van der Waals surface area (Å²) in [6.07, 6.45) is 1.99. The molecule has 122 valence electrons. The summed E-state index contributed by atoms with van der Waals surface area (Å²) in [4.78, 5) is 25.5. The van der Waals surface area contributed by atoms with Crippen molar-refractivity contribution in [2.24, 2.45) is 0 Å². The van der Waals surface area contributed by atoms with Crippen LogP contribution in [0.5, 0.6) is 0 Å². The van der Waals surface area contributed by atoms with Crippen LogP contribution >= 0.6 is 11.3 Å². The zero-order valence-electron chi connectivity index (χ0n) is 13.0. The van der Waals surface area contributed by atoms with Gasteiger partial charge in [-0.05, 0) is 36.4 Å². The summed E-state index contributed by atoms with van der Waals surface area (Å²) in [5.41, 5.74) is 0.890. The lowest BCUT2D eigenvalue weighted by molar-refractivity contribution is -0.120. The van der Waals surface area contributed by atoms with Gasteiger partial charge in [0.1, 0.15) is 4.88 Å². The number of thiophene rings is 1. The topological polar surface area (TPSA) is 69.6 Å². The molecule has 5 nitrogen and oxygen atoms in total. The van der Waals surface area contributed by atoms with E-state index in [4.69, 9.17) is 0 Å². The Kier molecular flexibility index (Phi) is 4.63. The Morgan fingerprint density at radius 1 is 1.39 bits per heavy atom. The summed E-state index contributed by atoms with van der Waals surface area (Å²) in [6.45, 7) is 3.84. The highest BCUT2D eigenvalue weighted by molar-refractivity contribution is 7.21. The maximum absolute atomic E-state index is 11.6. The van der Waals surface area contributed by atoms with Crippen molar-refractivity contribution in [2.75, 3.05) is 13.1 Å². The predicted molar refractivity (Wildman–Crippen MR) is 90.9 cm³/mol. The monoisotopic (exact) mass is 332 g/mol. The van der Waals surface area contributed by atoms with Gasteiger partial charge in [0.05, 0.1) is 0 Å². The maximum Gasteiger partial charge on any atom is 0.346 e. The van der Waals surface area contributed by atoms with Gasteiger partial charge in [0.15, 0.2) is 0 Å². The number of hydrogen-bond acceptors (Lipinski definition) is 4. The van der Waals surface area contributed by atoms with Crippen molar-refractivity contribution >= 4 is 33.3 Å². The van der Waals surface area contributed by atoms with Gasteiger partial charge in [-0.25, -0.2) is 4.79 Å². The molecule has 1 aliphatic rings. The van der Waals surface area contributed by atoms with Crippen LogP contribution in [0.1, 0.15) is 35.0 Å². The molecule has 0 aliphatic carbocycles. The third-order valence-corrected chi connectivity index (χ3v) is 5.39. The van der Waals surface area contributed by atoms with Crippen LogP contribution in [-0.4, -0.2) is 41.0 Å². The van der Waals surface area contributed by atoms with E-state index in [0.717, 1.165) is 41.6 Å². The number of nitrogens with one attached hydrogen (secondary N) is 1. The first-order chi connectivity index (χ1) is 11.0. The van der Waals surface area contributed by atoms with Crippen molar-refractivity contribution in [1.82, 2.24) is 10.2 Å². The molecule has 1 saturated heterocycles. The lowest BCUT2D eigenvalue weighted by atomic mass is 10.0. The number of rotatable bonds is 4. The number of carboxylic acids is 1. The van der Waals surface area contributed by atoms with Gasteiger partial charge in [0.25, 0.3) is 0 Å². The van der Waals surface area contributed by atoms with Crippen LogP contribution < -0.4 is 5.32 Å². The summed E-state index contributed by atoms with van der Waals surface area (Å²) in [6, 6.07) is 7.98. The fourth-order valence-electron chi connectivity index (χ4n) is 3.26. The lowest BCUT2D eigenvalue weighted by Gasteiger charge is -2.33. The molecule has 1 aliphatic heterocycles. The molecule has 2 N–H and O–H groups in total. The number of aromatic carboxylic acids is 1. The number of nitrogens with zero attached hydrogens (tertiary/aromatic N) is 1. The minimum Gasteiger partial charge on any atom is -0.477 e. The molecule has 2 heterocycles. The van der Waals surface area contributed by atoms with Crippen molar-refractivity contribution in [3.05, 3.63) is 34.7 Å². The first-order valence-electron chi connectivity index (χ1n) is 7.77. The van der Waals surface area contributed by atoms with Gasteiger partial charge >= 0.3 is 5.97 Å². The second-order valence-electron chi connectivity index (χ2n) is 5.99. The summed E-state index contributed by atoms with van der Waals surface area (Å²) in [5, 5.41) is 13.5. The van der Waals surface area contributed by atoms with Gasteiger partial charge in [-0.15, -0.1) is 11.3 Å². The van der Waals surface area contributed by atoms with Crippen LogP contribution in [0.2, 0.25) is 0 Å². The van der Waals surface area contributed by atoms with Gasteiger partial charge in [-0.1, -0.05) is 18.2 Å². The van der Waals surface area contributed by atoms with E-state index in [0.29, 0.717) is 11.4 Å². The quantitative estimate of drug-likeness (QED) is 0.903. The highest BCUT2D eigenvalue weighted by Crippen LogP contribution is 2.32. The SMILES string of the molecule is CC(=O)NC1CCCN(Cc2c(C(=O)O)sc3ccccc23)C1. The molecular weight excluding hydrogens is 312 g/mol. The van der Waals surface area contributed by atoms with E-state index >= 15 is 0 Å². The molecule has 0 bridgehead atoms. The molecule has 23 heavy (non-hydrogen) atoms. The van der Waals surface area contributed by atoms with Gasteiger partial charge in [0, 0.05) is 30.8 Å². The van der Waals surface area contributed by atoms with Crippen LogP contribution in [0, 0.1) is 0 Å². The van der Waals surface area contributed by atoms with Crippen molar-refractivity contribution < 1.29 is 14.7 Å². The first-order valence-corrected chi connectivity index (χ1v) is 8.59. The predicted octanol–water partition coefficient (Wildman–Crippen LogP) is 2.70. The first kappa shape index (κ1) is 16.0. The smallest absolute Gasteiger partial charge is 0.346 e. The number of fused-ring (bicyclic) bond motifs is 1. The van der Waals surface area contributed by atoms with E-state index in [1.165, 1.54) is 18.3 Å². The van der Waals surface area contributed by atoms with E-state index in [-0.39, 0.29) is 11.9 Å². The van der Waals surface area contributed by atoms with Crippen LogP contribution in [0.15, 0.2) is 24.3 Å². The fraction of sp³-hybridized carbons (Fsp3) is 0.412. The average Bonchev–Trinajstić information content (AvgIpc) is 2.86. The number of piperidine rings is 1. The minimum atomic E-state index is -0.864. The molecular formula is C17H20N2O3S. The van der Waals surface area contributed by atoms with Gasteiger partial charge in [-0.3, -0.25) is 9.69 Å². The molecule has 0 spiro atoms. The van der Waals surface area contributed by atoms with Crippen molar-refractivity contribution in [1.29, 1.82) is 0 Å². The Morgan fingerprint density at radius 3 is 2.91 bits per heavy atom. The van der Waals surface area contributed by atoms with Crippen LogP contribution in [-0.2, 0) is 11.3 Å². The Balaban J connectivity index is 1.84. The number of likely N-dealkylation sites (tertiary alicyclic amines) is 1. The maximum atomic E-state index is 11.6. The second-order valence-corrected chi connectivity index (χ2v) is 7.04. The van der Waals surface area contributed by atoms with Crippen LogP contribution in [0.4, 0.5) is 0 Å². The highest BCUT2D eigenvalue weighted by atomic mass is 32.1. The fourth-order valence-corrected chi connectivity index (χ4v) is 4.31. The Hall–Kier alpha value is -1.92. The van der Waals surface area contributed by atoms with Crippen molar-refractivity contribution in [3.8, 4) is 0 Å². The third kappa shape index (κ3) is 3.54. The number of hydrogen-bond donors (Lipinski definition) is 2. The zero-order valence-corrected chi connectivity index (χ0v) is 13.9. The molecule has 2 aromatic rings. The van der Waals surface area contributed by atoms with E-state index < -0.39 is 5.97 Å². The normalized spacial score (nSPS) is 18.9. The Labute approximate surface area is 138 Å². The molecule has 1 amide bonds. The number of carboxylic acid groups (broad SMARTS) is 1. The number of benzene rings is 1. The molecule has 1 fully saturated rings.